The van der Waals surface area contributed by atoms with Gasteiger partial charge in [-0.2, -0.15) is 0 Å². The summed E-state index contributed by atoms with van der Waals surface area (Å²) in [4.78, 5) is 2.55. The van der Waals surface area contributed by atoms with Gasteiger partial charge >= 0.3 is 0 Å². The Bertz CT molecular complexity index is 905. The Morgan fingerprint density at radius 3 is 2.69 bits per heavy atom. The van der Waals surface area contributed by atoms with Crippen molar-refractivity contribution in [3.63, 3.8) is 0 Å². The standard InChI is InChI=1S/C21H27ClN2O4S/c1-29(26,27)21-7-5-20(6-8-21)28-15-18-13-24(10-9-23-18)19(14-25)12-16-3-2-4-17(22)11-16/h2-8,11,18-19,23,25H,9-10,12-15H2,1H3/t18-,19+/m0/s1. The van der Waals surface area contributed by atoms with Crippen molar-refractivity contribution in [2.24, 2.45) is 0 Å². The zero-order valence-corrected chi connectivity index (χ0v) is 18.0. The van der Waals surface area contributed by atoms with Gasteiger partial charge in [-0.15, -0.1) is 0 Å². The summed E-state index contributed by atoms with van der Waals surface area (Å²) in [7, 11) is -3.21. The Kier molecular flexibility index (Phi) is 7.54. The van der Waals surface area contributed by atoms with Crippen molar-refractivity contribution in [1.29, 1.82) is 0 Å². The third kappa shape index (κ3) is 6.42. The zero-order chi connectivity index (χ0) is 20.9. The van der Waals surface area contributed by atoms with E-state index in [9.17, 15) is 13.5 Å². The molecule has 29 heavy (non-hydrogen) atoms. The molecule has 0 spiro atoms. The highest BCUT2D eigenvalue weighted by atomic mass is 35.5. The lowest BCUT2D eigenvalue weighted by Crippen LogP contribution is -2.57. The average Bonchev–Trinajstić information content (AvgIpc) is 2.70. The van der Waals surface area contributed by atoms with Gasteiger partial charge in [0.1, 0.15) is 12.4 Å². The van der Waals surface area contributed by atoms with Crippen molar-refractivity contribution in [1.82, 2.24) is 10.2 Å². The Labute approximate surface area is 177 Å². The second kappa shape index (κ2) is 9.91. The van der Waals surface area contributed by atoms with E-state index < -0.39 is 9.84 Å². The maximum absolute atomic E-state index is 11.5. The van der Waals surface area contributed by atoms with Crippen LogP contribution in [0.4, 0.5) is 0 Å². The molecule has 0 saturated carbocycles. The number of nitrogens with one attached hydrogen (secondary N) is 1. The second-order valence-electron chi connectivity index (χ2n) is 7.37. The van der Waals surface area contributed by atoms with E-state index in [0.717, 1.165) is 31.6 Å². The molecule has 6 nitrogen and oxygen atoms in total. The summed E-state index contributed by atoms with van der Waals surface area (Å²) in [6, 6.07) is 14.3. The van der Waals surface area contributed by atoms with Gasteiger partial charge in [-0.25, -0.2) is 8.42 Å². The first-order chi connectivity index (χ1) is 13.8. The minimum absolute atomic E-state index is 0.0205. The van der Waals surface area contributed by atoms with Crippen LogP contribution in [0.1, 0.15) is 5.56 Å². The van der Waals surface area contributed by atoms with Gasteiger partial charge in [0.2, 0.25) is 0 Å². The first-order valence-electron chi connectivity index (χ1n) is 9.61. The van der Waals surface area contributed by atoms with Crippen molar-refractivity contribution in [3.8, 4) is 5.75 Å². The van der Waals surface area contributed by atoms with Crippen LogP contribution >= 0.6 is 11.6 Å². The number of aliphatic hydroxyl groups excluding tert-OH is 1. The molecule has 0 bridgehead atoms. The number of hydrogen-bond acceptors (Lipinski definition) is 6. The smallest absolute Gasteiger partial charge is 0.175 e. The van der Waals surface area contributed by atoms with E-state index in [1.165, 1.54) is 6.26 Å². The molecular formula is C21H27ClN2O4S. The average molecular weight is 439 g/mol. The maximum Gasteiger partial charge on any atom is 0.175 e. The highest BCUT2D eigenvalue weighted by Crippen LogP contribution is 2.18. The van der Waals surface area contributed by atoms with Crippen LogP contribution in [0.2, 0.25) is 5.02 Å². The van der Waals surface area contributed by atoms with E-state index >= 15 is 0 Å². The molecule has 2 aromatic carbocycles. The van der Waals surface area contributed by atoms with Crippen molar-refractivity contribution in [2.45, 2.75) is 23.4 Å². The molecule has 1 fully saturated rings. The van der Waals surface area contributed by atoms with Crippen LogP contribution in [0.25, 0.3) is 0 Å². The van der Waals surface area contributed by atoms with Gasteiger partial charge in [0.25, 0.3) is 0 Å². The number of aliphatic hydroxyl groups is 1. The summed E-state index contributed by atoms with van der Waals surface area (Å²) < 4.78 is 28.9. The van der Waals surface area contributed by atoms with Crippen LogP contribution in [-0.2, 0) is 16.3 Å². The first kappa shape index (κ1) is 22.1. The summed E-state index contributed by atoms with van der Waals surface area (Å²) in [6.07, 6.45) is 1.92. The predicted molar refractivity (Wildman–Crippen MR) is 114 cm³/mol. The molecule has 0 radical (unpaired) electrons. The van der Waals surface area contributed by atoms with Gasteiger partial charge in [0, 0.05) is 37.0 Å². The van der Waals surface area contributed by atoms with Crippen LogP contribution in [0.3, 0.4) is 0 Å². The highest BCUT2D eigenvalue weighted by Gasteiger charge is 2.26. The molecular weight excluding hydrogens is 412 g/mol. The fourth-order valence-corrected chi connectivity index (χ4v) is 4.36. The lowest BCUT2D eigenvalue weighted by molar-refractivity contribution is 0.0807. The summed E-state index contributed by atoms with van der Waals surface area (Å²) in [5.41, 5.74) is 1.11. The molecule has 8 heteroatoms. The van der Waals surface area contributed by atoms with Crippen molar-refractivity contribution < 1.29 is 18.3 Å². The van der Waals surface area contributed by atoms with E-state index in [-0.39, 0.29) is 23.6 Å². The fraction of sp³-hybridized carbons (Fsp3) is 0.429. The third-order valence-corrected chi connectivity index (χ3v) is 6.44. The molecule has 1 heterocycles. The van der Waals surface area contributed by atoms with Crippen LogP contribution in [0.5, 0.6) is 5.75 Å². The molecule has 0 aliphatic carbocycles. The number of rotatable bonds is 8. The minimum atomic E-state index is -3.21. The molecule has 0 aromatic heterocycles. The quantitative estimate of drug-likeness (QED) is 0.656. The number of nitrogens with zero attached hydrogens (tertiary/aromatic N) is 1. The molecule has 1 aliphatic heterocycles. The maximum atomic E-state index is 11.5. The molecule has 0 amide bonds. The van der Waals surface area contributed by atoms with Crippen molar-refractivity contribution in [3.05, 3.63) is 59.1 Å². The number of ether oxygens (including phenoxy) is 1. The van der Waals surface area contributed by atoms with E-state index in [4.69, 9.17) is 16.3 Å². The molecule has 2 atom stereocenters. The van der Waals surface area contributed by atoms with Gasteiger partial charge in [-0.1, -0.05) is 23.7 Å². The van der Waals surface area contributed by atoms with Gasteiger partial charge in [0.05, 0.1) is 17.5 Å². The Morgan fingerprint density at radius 2 is 2.03 bits per heavy atom. The monoisotopic (exact) mass is 438 g/mol. The van der Waals surface area contributed by atoms with E-state index in [1.54, 1.807) is 24.3 Å². The number of benzene rings is 2. The zero-order valence-electron chi connectivity index (χ0n) is 16.4. The number of sulfone groups is 1. The molecule has 158 valence electrons. The minimum Gasteiger partial charge on any atom is -0.492 e. The second-order valence-corrected chi connectivity index (χ2v) is 9.82. The summed E-state index contributed by atoms with van der Waals surface area (Å²) in [5.74, 6) is 0.633. The van der Waals surface area contributed by atoms with Gasteiger partial charge in [-0.05, 0) is 48.4 Å². The molecule has 1 aliphatic rings. The topological polar surface area (TPSA) is 78.9 Å². The Morgan fingerprint density at radius 1 is 1.28 bits per heavy atom. The SMILES string of the molecule is CS(=O)(=O)c1ccc(OC[C@@H]2CN([C@@H](CO)Cc3cccc(Cl)c3)CCN2)cc1. The Balaban J connectivity index is 1.55. The van der Waals surface area contributed by atoms with Gasteiger partial charge in [0.15, 0.2) is 9.84 Å². The molecule has 3 rings (SSSR count). The normalized spacial score (nSPS) is 19.1. The predicted octanol–water partition coefficient (Wildman–Crippen LogP) is 2.00. The van der Waals surface area contributed by atoms with Crippen molar-refractivity contribution in [2.75, 3.05) is 39.1 Å². The number of piperazine rings is 1. The first-order valence-corrected chi connectivity index (χ1v) is 11.9. The molecule has 0 unspecified atom stereocenters. The van der Waals surface area contributed by atoms with Gasteiger partial charge in [-0.3, -0.25) is 4.90 Å². The molecule has 2 N–H and O–H groups in total. The lowest BCUT2D eigenvalue weighted by Gasteiger charge is -2.38. The van der Waals surface area contributed by atoms with Crippen LogP contribution in [-0.4, -0.2) is 69.6 Å². The highest BCUT2D eigenvalue weighted by molar-refractivity contribution is 7.90. The van der Waals surface area contributed by atoms with Gasteiger partial charge < -0.3 is 15.2 Å². The van der Waals surface area contributed by atoms with E-state index in [1.807, 2.05) is 24.3 Å². The van der Waals surface area contributed by atoms with Crippen molar-refractivity contribution >= 4 is 21.4 Å². The third-order valence-electron chi connectivity index (χ3n) is 5.08. The van der Waals surface area contributed by atoms with E-state index in [0.29, 0.717) is 17.4 Å². The van der Waals surface area contributed by atoms with Crippen LogP contribution in [0, 0.1) is 0 Å². The summed E-state index contributed by atoms with van der Waals surface area (Å²) in [6.45, 7) is 2.96. The number of hydrogen-bond donors (Lipinski definition) is 2. The summed E-state index contributed by atoms with van der Waals surface area (Å²) in [5, 5.41) is 14.1. The van der Waals surface area contributed by atoms with Crippen LogP contribution in [0.15, 0.2) is 53.4 Å². The molecule has 1 saturated heterocycles. The fourth-order valence-electron chi connectivity index (χ4n) is 3.52. The largest absolute Gasteiger partial charge is 0.492 e. The lowest BCUT2D eigenvalue weighted by atomic mass is 10.0. The van der Waals surface area contributed by atoms with E-state index in [2.05, 4.69) is 10.2 Å². The van der Waals surface area contributed by atoms with Crippen LogP contribution < -0.4 is 10.1 Å². The summed E-state index contributed by atoms with van der Waals surface area (Å²) >= 11 is 6.08. The number of halogens is 1. The molecule has 2 aromatic rings. The Hall–Kier alpha value is -1.64.